The maximum absolute atomic E-state index is 12.3. The number of benzene rings is 1. The topological polar surface area (TPSA) is 58.6 Å². The lowest BCUT2D eigenvalue weighted by molar-refractivity contribution is -0.205. The van der Waals surface area contributed by atoms with Gasteiger partial charge in [0.15, 0.2) is 6.10 Å². The third-order valence-electron chi connectivity index (χ3n) is 4.16. The summed E-state index contributed by atoms with van der Waals surface area (Å²) in [5, 5.41) is 11.5. The van der Waals surface area contributed by atoms with Crippen LogP contribution in [-0.4, -0.2) is 36.4 Å². The lowest BCUT2D eigenvalue weighted by atomic mass is 9.88. The first-order valence-electron chi connectivity index (χ1n) is 7.99. The second kappa shape index (κ2) is 7.98. The molecule has 4 nitrogen and oxygen atoms in total. The molecular formula is C17H22F3NO3. The van der Waals surface area contributed by atoms with Gasteiger partial charge in [0.2, 0.25) is 5.91 Å². The number of rotatable bonds is 5. The van der Waals surface area contributed by atoms with Gasteiger partial charge in [0.25, 0.3) is 0 Å². The standard InChI is InChI=1S/C17H22F3NO3/c1-11-4-6-12(7-5-11)15-13(3-2-10-24-15)16(23)21-9-8-14(22)17(18,19)20/h4-7,13-15,22H,2-3,8-10H2,1H3,(H,21,23)/t13-,14-,15+/m1/s1. The van der Waals surface area contributed by atoms with E-state index in [0.29, 0.717) is 13.0 Å². The largest absolute Gasteiger partial charge is 0.414 e. The minimum Gasteiger partial charge on any atom is -0.384 e. The van der Waals surface area contributed by atoms with Crippen LogP contribution in [0.2, 0.25) is 0 Å². The molecule has 1 aliphatic rings. The summed E-state index contributed by atoms with van der Waals surface area (Å²) >= 11 is 0. The van der Waals surface area contributed by atoms with Gasteiger partial charge >= 0.3 is 6.18 Å². The molecule has 0 saturated carbocycles. The molecule has 0 unspecified atom stereocenters. The lowest BCUT2D eigenvalue weighted by Crippen LogP contribution is -2.40. The average molecular weight is 345 g/mol. The van der Waals surface area contributed by atoms with Crippen LogP contribution in [0.4, 0.5) is 13.2 Å². The Morgan fingerprint density at radius 2 is 2.04 bits per heavy atom. The molecule has 0 aromatic heterocycles. The van der Waals surface area contributed by atoms with E-state index in [9.17, 15) is 18.0 Å². The predicted molar refractivity (Wildman–Crippen MR) is 82.3 cm³/mol. The van der Waals surface area contributed by atoms with Crippen LogP contribution in [0.5, 0.6) is 0 Å². The molecule has 3 atom stereocenters. The number of carbonyl (C=O) groups excluding carboxylic acids is 1. The maximum atomic E-state index is 12.3. The number of hydrogen-bond donors (Lipinski definition) is 2. The van der Waals surface area contributed by atoms with Crippen LogP contribution in [0.3, 0.4) is 0 Å². The van der Waals surface area contributed by atoms with Gasteiger partial charge in [-0.2, -0.15) is 13.2 Å². The summed E-state index contributed by atoms with van der Waals surface area (Å²) in [7, 11) is 0. The summed E-state index contributed by atoms with van der Waals surface area (Å²) in [6.45, 7) is 2.29. The molecule has 1 amide bonds. The Labute approximate surface area is 139 Å². The Morgan fingerprint density at radius 3 is 2.67 bits per heavy atom. The molecule has 1 aliphatic heterocycles. The zero-order chi connectivity index (χ0) is 17.7. The molecule has 1 fully saturated rings. The molecule has 0 aliphatic carbocycles. The van der Waals surface area contributed by atoms with Crippen molar-refractivity contribution in [1.29, 1.82) is 0 Å². The van der Waals surface area contributed by atoms with Crippen LogP contribution < -0.4 is 5.32 Å². The monoisotopic (exact) mass is 345 g/mol. The van der Waals surface area contributed by atoms with E-state index in [4.69, 9.17) is 9.84 Å². The minimum absolute atomic E-state index is 0.226. The number of carbonyl (C=O) groups is 1. The highest BCUT2D eigenvalue weighted by molar-refractivity contribution is 5.79. The fourth-order valence-electron chi connectivity index (χ4n) is 2.76. The van der Waals surface area contributed by atoms with Crippen LogP contribution in [0.15, 0.2) is 24.3 Å². The van der Waals surface area contributed by atoms with Crippen molar-refractivity contribution < 1.29 is 27.8 Å². The second-order valence-corrected chi connectivity index (χ2v) is 6.09. The summed E-state index contributed by atoms with van der Waals surface area (Å²) in [6, 6.07) is 7.67. The molecule has 2 N–H and O–H groups in total. The van der Waals surface area contributed by atoms with Crippen molar-refractivity contribution in [3.05, 3.63) is 35.4 Å². The summed E-state index contributed by atoms with van der Waals surface area (Å²) in [4.78, 5) is 12.3. The number of nitrogens with one attached hydrogen (secondary N) is 1. The van der Waals surface area contributed by atoms with Gasteiger partial charge in [0, 0.05) is 13.2 Å². The highest BCUT2D eigenvalue weighted by Gasteiger charge is 2.38. The number of ether oxygens (including phenoxy) is 1. The van der Waals surface area contributed by atoms with E-state index in [0.717, 1.165) is 17.5 Å². The second-order valence-electron chi connectivity index (χ2n) is 6.09. The fourth-order valence-corrected chi connectivity index (χ4v) is 2.76. The van der Waals surface area contributed by atoms with Crippen LogP contribution in [0, 0.1) is 12.8 Å². The molecule has 1 heterocycles. The first-order valence-corrected chi connectivity index (χ1v) is 7.99. The summed E-state index contributed by atoms with van der Waals surface area (Å²) in [6.07, 6.45) is -6.70. The van der Waals surface area contributed by atoms with Crippen molar-refractivity contribution in [3.8, 4) is 0 Å². The van der Waals surface area contributed by atoms with Gasteiger partial charge in [-0.05, 0) is 31.7 Å². The Balaban J connectivity index is 1.94. The number of aliphatic hydroxyl groups excluding tert-OH is 1. The normalized spacial score (nSPS) is 22.9. The molecule has 24 heavy (non-hydrogen) atoms. The zero-order valence-corrected chi connectivity index (χ0v) is 13.5. The highest BCUT2D eigenvalue weighted by atomic mass is 19.4. The van der Waals surface area contributed by atoms with Gasteiger partial charge in [0.1, 0.15) is 0 Å². The Morgan fingerprint density at radius 1 is 1.38 bits per heavy atom. The van der Waals surface area contributed by atoms with E-state index >= 15 is 0 Å². The zero-order valence-electron chi connectivity index (χ0n) is 13.5. The Kier molecular flexibility index (Phi) is 6.23. The van der Waals surface area contributed by atoms with Crippen molar-refractivity contribution >= 4 is 5.91 Å². The average Bonchev–Trinajstić information content (AvgIpc) is 2.54. The quantitative estimate of drug-likeness (QED) is 0.863. The van der Waals surface area contributed by atoms with E-state index < -0.39 is 30.7 Å². The van der Waals surface area contributed by atoms with Gasteiger partial charge in [-0.1, -0.05) is 29.8 Å². The number of halogens is 3. The van der Waals surface area contributed by atoms with E-state index in [2.05, 4.69) is 5.32 Å². The molecule has 0 spiro atoms. The number of alkyl halides is 3. The fraction of sp³-hybridized carbons (Fsp3) is 0.588. The van der Waals surface area contributed by atoms with Gasteiger partial charge in [-0.25, -0.2) is 0 Å². The summed E-state index contributed by atoms with van der Waals surface area (Å²) in [5.74, 6) is -0.779. The maximum Gasteiger partial charge on any atom is 0.414 e. The lowest BCUT2D eigenvalue weighted by Gasteiger charge is -2.31. The van der Waals surface area contributed by atoms with Crippen molar-refractivity contribution in [1.82, 2.24) is 5.32 Å². The van der Waals surface area contributed by atoms with Crippen molar-refractivity contribution in [3.63, 3.8) is 0 Å². The van der Waals surface area contributed by atoms with Crippen LogP contribution in [-0.2, 0) is 9.53 Å². The molecular weight excluding hydrogens is 323 g/mol. The van der Waals surface area contributed by atoms with E-state index in [1.54, 1.807) is 0 Å². The van der Waals surface area contributed by atoms with Crippen molar-refractivity contribution in [2.24, 2.45) is 5.92 Å². The van der Waals surface area contributed by atoms with Gasteiger partial charge in [0.05, 0.1) is 12.0 Å². The van der Waals surface area contributed by atoms with Crippen LogP contribution in [0.1, 0.15) is 36.5 Å². The Bertz CT molecular complexity index is 545. The molecule has 1 aromatic rings. The van der Waals surface area contributed by atoms with E-state index in [-0.39, 0.29) is 12.5 Å². The molecule has 0 radical (unpaired) electrons. The smallest absolute Gasteiger partial charge is 0.384 e. The first-order chi connectivity index (χ1) is 11.3. The Hall–Kier alpha value is -1.60. The van der Waals surface area contributed by atoms with E-state index in [1.807, 2.05) is 31.2 Å². The molecule has 134 valence electrons. The SMILES string of the molecule is Cc1ccc([C@@H]2OCCC[C@H]2C(=O)NCC[C@@H](O)C(F)(F)F)cc1. The molecule has 1 saturated heterocycles. The minimum atomic E-state index is -4.66. The van der Waals surface area contributed by atoms with Gasteiger partial charge in [-0.15, -0.1) is 0 Å². The molecule has 7 heteroatoms. The number of amides is 1. The summed E-state index contributed by atoms with van der Waals surface area (Å²) in [5.41, 5.74) is 1.98. The first kappa shape index (κ1) is 18.7. The molecule has 0 bridgehead atoms. The van der Waals surface area contributed by atoms with Crippen molar-refractivity contribution in [2.75, 3.05) is 13.2 Å². The third kappa shape index (κ3) is 4.95. The predicted octanol–water partition coefficient (Wildman–Crippen LogP) is 2.89. The summed E-state index contributed by atoms with van der Waals surface area (Å²) < 4.78 is 42.5. The van der Waals surface area contributed by atoms with Gasteiger partial charge in [-0.3, -0.25) is 4.79 Å². The highest BCUT2D eigenvalue weighted by Crippen LogP contribution is 2.34. The van der Waals surface area contributed by atoms with E-state index in [1.165, 1.54) is 0 Å². The third-order valence-corrected chi connectivity index (χ3v) is 4.16. The van der Waals surface area contributed by atoms with Crippen LogP contribution in [0.25, 0.3) is 0 Å². The number of aliphatic hydroxyl groups is 1. The number of hydrogen-bond acceptors (Lipinski definition) is 3. The number of aryl methyl sites for hydroxylation is 1. The molecule has 2 rings (SSSR count). The van der Waals surface area contributed by atoms with Crippen molar-refractivity contribution in [2.45, 2.75) is 44.6 Å². The molecule has 1 aromatic carbocycles. The van der Waals surface area contributed by atoms with Gasteiger partial charge < -0.3 is 15.2 Å². The van der Waals surface area contributed by atoms with Crippen LogP contribution >= 0.6 is 0 Å².